The summed E-state index contributed by atoms with van der Waals surface area (Å²) >= 11 is 0. The molecule has 0 bridgehead atoms. The molecule has 0 spiro atoms. The van der Waals surface area contributed by atoms with Crippen molar-refractivity contribution in [3.05, 3.63) is 17.9 Å². The van der Waals surface area contributed by atoms with E-state index < -0.39 is 0 Å². The number of nitrogens with zero attached hydrogens (tertiary/aromatic N) is 1. The molecule has 0 radical (unpaired) electrons. The summed E-state index contributed by atoms with van der Waals surface area (Å²) in [6.07, 6.45) is 0. The number of anilines is 1. The highest BCUT2D eigenvalue weighted by atomic mass is 16.4. The standard InChI is InChI=1S/C8H14N2O/c1-6(9)7-4-5-8(11-7)10(2)3/h4-6H,9H2,1-3H3. The van der Waals surface area contributed by atoms with Crippen molar-refractivity contribution in [2.45, 2.75) is 13.0 Å². The van der Waals surface area contributed by atoms with E-state index in [9.17, 15) is 0 Å². The molecule has 0 aliphatic heterocycles. The maximum Gasteiger partial charge on any atom is 0.195 e. The quantitative estimate of drug-likeness (QED) is 0.699. The smallest absolute Gasteiger partial charge is 0.195 e. The van der Waals surface area contributed by atoms with Crippen LogP contribution in [-0.2, 0) is 0 Å². The zero-order chi connectivity index (χ0) is 8.43. The Morgan fingerprint density at radius 2 is 2.09 bits per heavy atom. The molecule has 0 amide bonds. The Kier molecular flexibility index (Phi) is 2.19. The molecule has 0 aliphatic rings. The average molecular weight is 154 g/mol. The van der Waals surface area contributed by atoms with E-state index in [1.165, 1.54) is 0 Å². The maximum absolute atomic E-state index is 5.61. The first-order chi connectivity index (χ1) is 5.11. The van der Waals surface area contributed by atoms with Gasteiger partial charge in [0.15, 0.2) is 5.88 Å². The summed E-state index contributed by atoms with van der Waals surface area (Å²) in [7, 11) is 3.87. The predicted molar refractivity (Wildman–Crippen MR) is 45.6 cm³/mol. The van der Waals surface area contributed by atoms with Crippen molar-refractivity contribution in [1.82, 2.24) is 0 Å². The lowest BCUT2D eigenvalue weighted by Gasteiger charge is -2.07. The molecule has 3 nitrogen and oxygen atoms in total. The van der Waals surface area contributed by atoms with Gasteiger partial charge < -0.3 is 15.1 Å². The van der Waals surface area contributed by atoms with Gasteiger partial charge in [0.05, 0.1) is 6.04 Å². The fourth-order valence-electron chi connectivity index (χ4n) is 0.827. The van der Waals surface area contributed by atoms with Crippen LogP contribution < -0.4 is 10.6 Å². The summed E-state index contributed by atoms with van der Waals surface area (Å²) in [4.78, 5) is 1.91. The number of furan rings is 1. The van der Waals surface area contributed by atoms with E-state index in [4.69, 9.17) is 10.2 Å². The first-order valence-corrected chi connectivity index (χ1v) is 3.64. The fraction of sp³-hybridized carbons (Fsp3) is 0.500. The van der Waals surface area contributed by atoms with Crippen LogP contribution in [0.15, 0.2) is 16.5 Å². The molecule has 0 saturated heterocycles. The topological polar surface area (TPSA) is 42.4 Å². The van der Waals surface area contributed by atoms with E-state index in [2.05, 4.69) is 0 Å². The van der Waals surface area contributed by atoms with Crippen LogP contribution >= 0.6 is 0 Å². The number of rotatable bonds is 2. The molecule has 11 heavy (non-hydrogen) atoms. The Morgan fingerprint density at radius 1 is 1.45 bits per heavy atom. The third-order valence-corrected chi connectivity index (χ3v) is 1.50. The van der Waals surface area contributed by atoms with Gasteiger partial charge in [0.2, 0.25) is 0 Å². The molecule has 0 saturated carbocycles. The molecule has 1 aromatic rings. The zero-order valence-electron chi connectivity index (χ0n) is 7.16. The lowest BCUT2D eigenvalue weighted by atomic mass is 10.3. The molecule has 0 aliphatic carbocycles. The van der Waals surface area contributed by atoms with Gasteiger partial charge in [-0.05, 0) is 13.0 Å². The average Bonchev–Trinajstić information content (AvgIpc) is 2.33. The summed E-state index contributed by atoms with van der Waals surface area (Å²) in [5, 5.41) is 0. The highest BCUT2D eigenvalue weighted by molar-refractivity contribution is 5.34. The number of hydrogen-bond acceptors (Lipinski definition) is 3. The van der Waals surface area contributed by atoms with Gasteiger partial charge in [-0.15, -0.1) is 0 Å². The number of nitrogens with two attached hydrogens (primary N) is 1. The van der Waals surface area contributed by atoms with Gasteiger partial charge >= 0.3 is 0 Å². The normalized spacial score (nSPS) is 13.1. The minimum atomic E-state index is -0.0244. The van der Waals surface area contributed by atoms with Gasteiger partial charge in [0.1, 0.15) is 5.76 Å². The van der Waals surface area contributed by atoms with Gasteiger partial charge in [0, 0.05) is 20.2 Å². The molecule has 3 heteroatoms. The molecule has 1 unspecified atom stereocenters. The Bertz CT molecular complexity index is 205. The van der Waals surface area contributed by atoms with Crippen LogP contribution in [0.2, 0.25) is 0 Å². The summed E-state index contributed by atoms with van der Waals surface area (Å²) in [6.45, 7) is 1.90. The third-order valence-electron chi connectivity index (χ3n) is 1.50. The summed E-state index contributed by atoms with van der Waals surface area (Å²) in [5.41, 5.74) is 5.61. The minimum Gasteiger partial charge on any atom is -0.444 e. The predicted octanol–water partition coefficient (Wildman–Crippen LogP) is 1.37. The maximum atomic E-state index is 5.61. The van der Waals surface area contributed by atoms with Crippen LogP contribution in [0.5, 0.6) is 0 Å². The van der Waals surface area contributed by atoms with Gasteiger partial charge in [-0.2, -0.15) is 0 Å². The molecule has 0 fully saturated rings. The monoisotopic (exact) mass is 154 g/mol. The van der Waals surface area contributed by atoms with E-state index >= 15 is 0 Å². The van der Waals surface area contributed by atoms with E-state index in [0.717, 1.165) is 11.6 Å². The van der Waals surface area contributed by atoms with Crippen molar-refractivity contribution < 1.29 is 4.42 Å². The van der Waals surface area contributed by atoms with Crippen LogP contribution in [0.4, 0.5) is 5.88 Å². The van der Waals surface area contributed by atoms with Crippen molar-refractivity contribution in [2.24, 2.45) is 5.73 Å². The second-order valence-corrected chi connectivity index (χ2v) is 2.86. The Morgan fingerprint density at radius 3 is 2.36 bits per heavy atom. The SMILES string of the molecule is CC(N)c1ccc(N(C)C)o1. The van der Waals surface area contributed by atoms with E-state index in [0.29, 0.717) is 0 Å². The lowest BCUT2D eigenvalue weighted by Crippen LogP contribution is -2.07. The van der Waals surface area contributed by atoms with Crippen LogP contribution in [0.1, 0.15) is 18.7 Å². The van der Waals surface area contributed by atoms with Crippen molar-refractivity contribution >= 4 is 5.88 Å². The molecular formula is C8H14N2O. The highest BCUT2D eigenvalue weighted by Gasteiger charge is 2.06. The number of hydrogen-bond donors (Lipinski definition) is 1. The third kappa shape index (κ3) is 1.74. The molecule has 62 valence electrons. The second kappa shape index (κ2) is 2.96. The summed E-state index contributed by atoms with van der Waals surface area (Å²) < 4.78 is 5.41. The first-order valence-electron chi connectivity index (χ1n) is 3.64. The molecule has 2 N–H and O–H groups in total. The molecule has 1 rings (SSSR count). The van der Waals surface area contributed by atoms with Crippen molar-refractivity contribution in [1.29, 1.82) is 0 Å². The Balaban J connectivity index is 2.82. The van der Waals surface area contributed by atoms with Crippen LogP contribution in [0.25, 0.3) is 0 Å². The first kappa shape index (κ1) is 8.14. The van der Waals surface area contributed by atoms with Crippen LogP contribution in [0.3, 0.4) is 0 Å². The molecule has 0 aromatic carbocycles. The van der Waals surface area contributed by atoms with Gasteiger partial charge in [-0.3, -0.25) is 0 Å². The Labute approximate surface area is 66.8 Å². The van der Waals surface area contributed by atoms with Gasteiger partial charge in [-0.1, -0.05) is 0 Å². The van der Waals surface area contributed by atoms with Gasteiger partial charge in [-0.25, -0.2) is 0 Å². The zero-order valence-corrected chi connectivity index (χ0v) is 7.16. The van der Waals surface area contributed by atoms with Crippen molar-refractivity contribution in [3.8, 4) is 0 Å². The summed E-state index contributed by atoms with van der Waals surface area (Å²) in [6, 6.07) is 3.79. The van der Waals surface area contributed by atoms with Crippen LogP contribution in [0, 0.1) is 0 Å². The minimum absolute atomic E-state index is 0.0244. The van der Waals surface area contributed by atoms with Crippen molar-refractivity contribution in [2.75, 3.05) is 19.0 Å². The molecule has 1 aromatic heterocycles. The fourth-order valence-corrected chi connectivity index (χ4v) is 0.827. The van der Waals surface area contributed by atoms with Crippen LogP contribution in [-0.4, -0.2) is 14.1 Å². The van der Waals surface area contributed by atoms with E-state index in [1.54, 1.807) is 0 Å². The molecule has 1 atom stereocenters. The van der Waals surface area contributed by atoms with E-state index in [1.807, 2.05) is 38.1 Å². The van der Waals surface area contributed by atoms with E-state index in [-0.39, 0.29) is 6.04 Å². The Hall–Kier alpha value is -0.960. The molecular weight excluding hydrogens is 140 g/mol. The summed E-state index contributed by atoms with van der Waals surface area (Å²) in [5.74, 6) is 1.67. The highest BCUT2D eigenvalue weighted by Crippen LogP contribution is 2.19. The molecule has 1 heterocycles. The largest absolute Gasteiger partial charge is 0.444 e. The van der Waals surface area contributed by atoms with Gasteiger partial charge in [0.25, 0.3) is 0 Å². The lowest BCUT2D eigenvalue weighted by molar-refractivity contribution is 0.482. The van der Waals surface area contributed by atoms with Crippen molar-refractivity contribution in [3.63, 3.8) is 0 Å². The second-order valence-electron chi connectivity index (χ2n) is 2.86.